The molecule has 0 aliphatic carbocycles. The molecular formula is C18H21F2N3O3. The fourth-order valence-corrected chi connectivity index (χ4v) is 3.01. The first-order valence-electron chi connectivity index (χ1n) is 8.46. The Balaban J connectivity index is 1.57. The first kappa shape index (κ1) is 18.2. The number of rotatable bonds is 6. The minimum absolute atomic E-state index is 0.0414. The van der Waals surface area contributed by atoms with Crippen LogP contribution in [-0.4, -0.2) is 47.4 Å². The van der Waals surface area contributed by atoms with Crippen molar-refractivity contribution < 1.29 is 23.0 Å². The maximum atomic E-state index is 12.6. The van der Waals surface area contributed by atoms with Crippen molar-refractivity contribution in [3.8, 4) is 11.5 Å². The highest BCUT2D eigenvalue weighted by Gasteiger charge is 2.26. The lowest BCUT2D eigenvalue weighted by Gasteiger charge is -2.32. The van der Waals surface area contributed by atoms with Crippen molar-refractivity contribution >= 4 is 5.91 Å². The number of carbonyl (C=O) groups excluding carboxylic acids is 1. The summed E-state index contributed by atoms with van der Waals surface area (Å²) in [5.74, 6) is 1.28. The summed E-state index contributed by atoms with van der Waals surface area (Å²) in [7, 11) is 1.60. The van der Waals surface area contributed by atoms with Gasteiger partial charge >= 0.3 is 6.55 Å². The van der Waals surface area contributed by atoms with Crippen LogP contribution in [-0.2, 0) is 0 Å². The normalized spacial score (nSPS) is 17.4. The summed E-state index contributed by atoms with van der Waals surface area (Å²) >= 11 is 0. The van der Waals surface area contributed by atoms with E-state index in [2.05, 4.69) is 5.10 Å². The van der Waals surface area contributed by atoms with Crippen molar-refractivity contribution in [3.63, 3.8) is 0 Å². The second-order valence-electron chi connectivity index (χ2n) is 6.21. The second kappa shape index (κ2) is 8.16. The summed E-state index contributed by atoms with van der Waals surface area (Å²) in [6.45, 7) is -1.16. The van der Waals surface area contributed by atoms with Crippen LogP contribution in [0.4, 0.5) is 8.78 Å². The van der Waals surface area contributed by atoms with Gasteiger partial charge in [0.15, 0.2) is 5.69 Å². The van der Waals surface area contributed by atoms with Crippen LogP contribution in [0.5, 0.6) is 11.5 Å². The van der Waals surface area contributed by atoms with Gasteiger partial charge in [-0.05, 0) is 31.0 Å². The molecular weight excluding hydrogens is 344 g/mol. The van der Waals surface area contributed by atoms with Gasteiger partial charge in [-0.15, -0.1) is 0 Å². The van der Waals surface area contributed by atoms with E-state index in [1.165, 1.54) is 6.07 Å². The number of benzene rings is 1. The van der Waals surface area contributed by atoms with Crippen LogP contribution in [0, 0.1) is 5.92 Å². The number of alkyl halides is 2. The summed E-state index contributed by atoms with van der Waals surface area (Å²) in [5, 5.41) is 3.65. The van der Waals surface area contributed by atoms with Crippen molar-refractivity contribution in [2.24, 2.45) is 5.92 Å². The van der Waals surface area contributed by atoms with Crippen LogP contribution in [0.3, 0.4) is 0 Å². The third-order valence-corrected chi connectivity index (χ3v) is 4.36. The van der Waals surface area contributed by atoms with Gasteiger partial charge in [-0.1, -0.05) is 6.07 Å². The van der Waals surface area contributed by atoms with Crippen molar-refractivity contribution in [1.82, 2.24) is 14.7 Å². The molecule has 0 bridgehead atoms. The molecule has 1 saturated heterocycles. The Kier molecular flexibility index (Phi) is 5.70. The zero-order valence-electron chi connectivity index (χ0n) is 14.5. The number of hydrogen-bond acceptors (Lipinski definition) is 4. The van der Waals surface area contributed by atoms with E-state index in [1.54, 1.807) is 12.0 Å². The number of likely N-dealkylation sites (tertiary alicyclic amines) is 1. The molecule has 1 atom stereocenters. The molecule has 1 aromatic heterocycles. The molecule has 2 heterocycles. The number of hydrogen-bond donors (Lipinski definition) is 0. The zero-order chi connectivity index (χ0) is 18.5. The summed E-state index contributed by atoms with van der Waals surface area (Å²) in [4.78, 5) is 14.1. The number of amides is 1. The van der Waals surface area contributed by atoms with E-state index in [0.717, 1.165) is 24.8 Å². The average Bonchev–Trinajstić information content (AvgIpc) is 3.17. The Bertz CT molecular complexity index is 751. The summed E-state index contributed by atoms with van der Waals surface area (Å²) in [6, 6.07) is 8.68. The van der Waals surface area contributed by atoms with E-state index in [-0.39, 0.29) is 17.5 Å². The Morgan fingerprint density at radius 2 is 2.15 bits per heavy atom. The molecule has 0 N–H and O–H groups in total. The highest BCUT2D eigenvalue weighted by atomic mass is 19.3. The van der Waals surface area contributed by atoms with Crippen LogP contribution in [0.1, 0.15) is 29.9 Å². The molecule has 0 radical (unpaired) electrons. The number of nitrogens with zero attached hydrogens (tertiary/aromatic N) is 3. The van der Waals surface area contributed by atoms with E-state index in [9.17, 15) is 13.6 Å². The van der Waals surface area contributed by atoms with E-state index >= 15 is 0 Å². The number of methoxy groups -OCH3 is 1. The standard InChI is InChI=1S/C18H21F2N3O3/c1-25-14-5-2-6-15(10-14)26-12-13-4-3-8-22(11-13)17(24)16-7-9-23(21-16)18(19)20/h2,5-7,9-10,13,18H,3-4,8,11-12H2,1H3/t13-/m0/s1. The Morgan fingerprint density at radius 3 is 2.88 bits per heavy atom. The minimum atomic E-state index is -2.75. The molecule has 1 aliphatic rings. The molecule has 0 unspecified atom stereocenters. The molecule has 26 heavy (non-hydrogen) atoms. The molecule has 6 nitrogen and oxygen atoms in total. The van der Waals surface area contributed by atoms with Gasteiger partial charge in [0, 0.05) is 31.3 Å². The quantitative estimate of drug-likeness (QED) is 0.789. The van der Waals surface area contributed by atoms with Gasteiger partial charge in [0.1, 0.15) is 11.5 Å². The third kappa shape index (κ3) is 4.30. The van der Waals surface area contributed by atoms with Gasteiger partial charge in [-0.2, -0.15) is 13.9 Å². The number of ether oxygens (including phenoxy) is 2. The lowest BCUT2D eigenvalue weighted by atomic mass is 9.98. The van der Waals surface area contributed by atoms with Crippen molar-refractivity contribution in [2.45, 2.75) is 19.4 Å². The van der Waals surface area contributed by atoms with E-state index < -0.39 is 6.55 Å². The first-order valence-corrected chi connectivity index (χ1v) is 8.46. The maximum absolute atomic E-state index is 12.6. The molecule has 1 aliphatic heterocycles. The lowest BCUT2D eigenvalue weighted by molar-refractivity contribution is 0.0535. The van der Waals surface area contributed by atoms with E-state index in [4.69, 9.17) is 9.47 Å². The second-order valence-corrected chi connectivity index (χ2v) is 6.21. The molecule has 140 valence electrons. The molecule has 1 aromatic carbocycles. The predicted molar refractivity (Wildman–Crippen MR) is 90.6 cm³/mol. The largest absolute Gasteiger partial charge is 0.497 e. The summed E-state index contributed by atoms with van der Waals surface area (Å²) in [5.41, 5.74) is 0.0414. The third-order valence-electron chi connectivity index (χ3n) is 4.36. The smallest absolute Gasteiger partial charge is 0.333 e. The zero-order valence-corrected chi connectivity index (χ0v) is 14.5. The van der Waals surface area contributed by atoms with Gasteiger partial charge < -0.3 is 14.4 Å². The van der Waals surface area contributed by atoms with Crippen molar-refractivity contribution in [3.05, 3.63) is 42.2 Å². The van der Waals surface area contributed by atoms with Crippen LogP contribution in [0.15, 0.2) is 36.5 Å². The highest BCUT2D eigenvalue weighted by molar-refractivity contribution is 5.92. The Morgan fingerprint density at radius 1 is 1.35 bits per heavy atom. The SMILES string of the molecule is COc1cccc(OC[C@H]2CCCN(C(=O)c3ccn(C(F)F)n3)C2)c1. The van der Waals surface area contributed by atoms with Crippen molar-refractivity contribution in [1.29, 1.82) is 0 Å². The predicted octanol–water partition coefficient (Wildman–Crippen LogP) is 3.22. The number of halogens is 2. The van der Waals surface area contributed by atoms with Crippen molar-refractivity contribution in [2.75, 3.05) is 26.8 Å². The Hall–Kier alpha value is -2.64. The molecule has 3 rings (SSSR count). The molecule has 2 aromatic rings. The van der Waals surface area contributed by atoms with Crippen LogP contribution in [0.25, 0.3) is 0 Å². The number of piperidine rings is 1. The fourth-order valence-electron chi connectivity index (χ4n) is 3.01. The minimum Gasteiger partial charge on any atom is -0.497 e. The average molecular weight is 365 g/mol. The molecule has 1 fully saturated rings. The molecule has 0 saturated carbocycles. The Labute approximate surface area is 150 Å². The topological polar surface area (TPSA) is 56.6 Å². The highest BCUT2D eigenvalue weighted by Crippen LogP contribution is 2.23. The van der Waals surface area contributed by atoms with Gasteiger partial charge in [0.2, 0.25) is 0 Å². The van der Waals surface area contributed by atoms with Gasteiger partial charge in [0.05, 0.1) is 13.7 Å². The molecule has 8 heteroatoms. The fraction of sp³-hybridized carbons (Fsp3) is 0.444. The maximum Gasteiger partial charge on any atom is 0.333 e. The summed E-state index contributed by atoms with van der Waals surface area (Å²) in [6.07, 6.45) is 2.90. The monoisotopic (exact) mass is 365 g/mol. The first-order chi connectivity index (χ1) is 12.6. The van der Waals surface area contributed by atoms with E-state index in [0.29, 0.717) is 30.1 Å². The van der Waals surface area contributed by atoms with Crippen LogP contribution < -0.4 is 9.47 Å². The lowest BCUT2D eigenvalue weighted by Crippen LogP contribution is -2.41. The van der Waals surface area contributed by atoms with Crippen LogP contribution >= 0.6 is 0 Å². The molecule has 1 amide bonds. The van der Waals surface area contributed by atoms with E-state index in [1.807, 2.05) is 24.3 Å². The number of aromatic nitrogens is 2. The molecule has 0 spiro atoms. The van der Waals surface area contributed by atoms with Crippen LogP contribution in [0.2, 0.25) is 0 Å². The number of carbonyl (C=O) groups is 1. The van der Waals surface area contributed by atoms with Gasteiger partial charge in [0.25, 0.3) is 5.91 Å². The van der Waals surface area contributed by atoms with Gasteiger partial charge in [-0.3, -0.25) is 4.79 Å². The summed E-state index contributed by atoms with van der Waals surface area (Å²) < 4.78 is 36.7. The van der Waals surface area contributed by atoms with Gasteiger partial charge in [-0.25, -0.2) is 4.68 Å².